The van der Waals surface area contributed by atoms with Crippen LogP contribution in [0.25, 0.3) is 0 Å². The fourth-order valence-electron chi connectivity index (χ4n) is 3.49. The Balaban J connectivity index is 1.88. The van der Waals surface area contributed by atoms with E-state index in [2.05, 4.69) is 5.32 Å². The normalized spacial score (nSPS) is 12.7. The van der Waals surface area contributed by atoms with E-state index in [0.717, 1.165) is 49.5 Å². The van der Waals surface area contributed by atoms with Crippen LogP contribution in [0.5, 0.6) is 0 Å². The minimum absolute atomic E-state index is 0.189. The van der Waals surface area contributed by atoms with E-state index in [9.17, 15) is 44.7 Å². The van der Waals surface area contributed by atoms with Crippen molar-refractivity contribution in [3.63, 3.8) is 0 Å². The number of carbonyl (C=O) groups is 2. The number of rotatable bonds is 6. The summed E-state index contributed by atoms with van der Waals surface area (Å²) in [6.07, 6.45) is -11.0. The maximum absolute atomic E-state index is 13.9. The van der Waals surface area contributed by atoms with Crippen LogP contribution in [0.15, 0.2) is 60.7 Å². The highest BCUT2D eigenvalue weighted by atomic mass is 35.5. The topological polar surface area (TPSA) is 49.4 Å². The van der Waals surface area contributed by atoms with Crippen molar-refractivity contribution in [2.75, 3.05) is 17.3 Å². The monoisotopic (exact) mass is 564 g/mol. The Bertz CT molecular complexity index is 1360. The number of amides is 2. The van der Waals surface area contributed by atoms with E-state index in [-0.39, 0.29) is 21.8 Å². The Morgan fingerprint density at radius 2 is 1.63 bits per heavy atom. The lowest BCUT2D eigenvalue weighted by Gasteiger charge is -2.26. The first kappa shape index (κ1) is 28.9. The Hall–Kier alpha value is -3.67. The number of alkyl halides is 6. The summed E-state index contributed by atoms with van der Waals surface area (Å²) in [5.41, 5.74) is -2.47. The molecule has 0 fully saturated rings. The molecule has 0 bridgehead atoms. The summed E-state index contributed by atoms with van der Waals surface area (Å²) in [6, 6.07) is 8.79. The van der Waals surface area contributed by atoms with Crippen molar-refractivity contribution in [2.24, 2.45) is 5.92 Å². The summed E-state index contributed by atoms with van der Waals surface area (Å²) in [4.78, 5) is 26.1. The highest BCUT2D eigenvalue weighted by Gasteiger charge is 2.46. The van der Waals surface area contributed by atoms with E-state index in [1.165, 1.54) is 0 Å². The van der Waals surface area contributed by atoms with Gasteiger partial charge in [-0.1, -0.05) is 29.8 Å². The molecule has 0 aliphatic rings. The van der Waals surface area contributed by atoms with Crippen LogP contribution < -0.4 is 10.2 Å². The first-order valence-corrected chi connectivity index (χ1v) is 11.0. The number of hydrogen-bond acceptors (Lipinski definition) is 2. The molecule has 0 saturated heterocycles. The quantitative estimate of drug-likeness (QED) is 0.320. The Morgan fingerprint density at radius 1 is 0.947 bits per heavy atom. The highest BCUT2D eigenvalue weighted by Crippen LogP contribution is 2.35. The molecule has 3 aromatic carbocycles. The molecule has 3 rings (SSSR count). The number of benzene rings is 3. The molecule has 3 aromatic rings. The van der Waals surface area contributed by atoms with Crippen LogP contribution in [0.3, 0.4) is 0 Å². The third kappa shape index (κ3) is 6.80. The highest BCUT2D eigenvalue weighted by molar-refractivity contribution is 6.34. The summed E-state index contributed by atoms with van der Waals surface area (Å²) < 4.78 is 107. The number of anilines is 2. The largest absolute Gasteiger partial charge is 0.416 e. The number of halogens is 9. The van der Waals surface area contributed by atoms with Gasteiger partial charge in [0, 0.05) is 18.8 Å². The summed E-state index contributed by atoms with van der Waals surface area (Å²) >= 11 is 6.01. The van der Waals surface area contributed by atoms with Crippen LogP contribution in [0.1, 0.15) is 21.5 Å². The van der Waals surface area contributed by atoms with Crippen molar-refractivity contribution in [3.05, 3.63) is 94.0 Å². The van der Waals surface area contributed by atoms with Crippen molar-refractivity contribution in [1.29, 1.82) is 0 Å². The lowest BCUT2D eigenvalue weighted by Crippen LogP contribution is -2.42. The maximum atomic E-state index is 13.9. The van der Waals surface area contributed by atoms with Gasteiger partial charge in [0.1, 0.15) is 17.6 Å². The molecule has 202 valence electrons. The SMILES string of the molecule is CN(C(=O)C(Cc1cccc(C(F)(F)F)c1)C(F)(F)F)c1ccc(Cl)c(C(=O)Nc2ccc(F)cc2F)c1. The zero-order valence-corrected chi connectivity index (χ0v) is 20.0. The standard InChI is InChI=1S/C25H17ClF8N2O2/c1-36(23(38)18(25(32,33)34)10-13-3-2-4-14(9-13)24(29,30)31)16-6-7-19(26)17(12-16)22(37)35-21-8-5-15(27)11-20(21)28/h2-9,11-12,18H,10H2,1H3,(H,35,37). The minimum Gasteiger partial charge on any atom is -0.319 e. The molecule has 2 amide bonds. The number of nitrogens with one attached hydrogen (secondary N) is 1. The molecule has 0 aliphatic carbocycles. The van der Waals surface area contributed by atoms with Crippen LogP contribution in [0.2, 0.25) is 5.02 Å². The number of nitrogens with zero attached hydrogens (tertiary/aromatic N) is 1. The lowest BCUT2D eigenvalue weighted by atomic mass is 9.95. The van der Waals surface area contributed by atoms with E-state index in [1.54, 1.807) is 0 Å². The van der Waals surface area contributed by atoms with E-state index < -0.39 is 59.4 Å². The summed E-state index contributed by atoms with van der Waals surface area (Å²) in [5, 5.41) is 1.96. The average Bonchev–Trinajstić information content (AvgIpc) is 2.82. The zero-order chi connectivity index (χ0) is 28.4. The van der Waals surface area contributed by atoms with Crippen molar-refractivity contribution in [2.45, 2.75) is 18.8 Å². The van der Waals surface area contributed by atoms with Gasteiger partial charge in [-0.15, -0.1) is 0 Å². The molecule has 0 heterocycles. The van der Waals surface area contributed by atoms with Gasteiger partial charge in [-0.25, -0.2) is 8.78 Å². The van der Waals surface area contributed by atoms with Crippen molar-refractivity contribution in [3.8, 4) is 0 Å². The number of hydrogen-bond donors (Lipinski definition) is 1. The summed E-state index contributed by atoms with van der Waals surface area (Å²) in [6.45, 7) is 0. The molecule has 38 heavy (non-hydrogen) atoms. The first-order valence-electron chi connectivity index (χ1n) is 10.6. The van der Waals surface area contributed by atoms with Crippen molar-refractivity contribution < 1.29 is 44.7 Å². The molecule has 0 spiro atoms. The van der Waals surface area contributed by atoms with Gasteiger partial charge in [0.25, 0.3) is 5.91 Å². The van der Waals surface area contributed by atoms with Gasteiger partial charge in [0.15, 0.2) is 0 Å². The van der Waals surface area contributed by atoms with Gasteiger partial charge in [-0.2, -0.15) is 26.3 Å². The van der Waals surface area contributed by atoms with Crippen molar-refractivity contribution in [1.82, 2.24) is 0 Å². The van der Waals surface area contributed by atoms with Crippen LogP contribution in [0, 0.1) is 17.6 Å². The Morgan fingerprint density at radius 3 is 2.24 bits per heavy atom. The van der Waals surface area contributed by atoms with Crippen molar-refractivity contribution >= 4 is 34.8 Å². The predicted molar refractivity (Wildman–Crippen MR) is 124 cm³/mol. The maximum Gasteiger partial charge on any atom is 0.416 e. The first-order chi connectivity index (χ1) is 17.6. The van der Waals surface area contributed by atoms with Gasteiger partial charge in [0.2, 0.25) is 5.91 Å². The fraction of sp³-hybridized carbons (Fsp3) is 0.200. The fourth-order valence-corrected chi connectivity index (χ4v) is 3.69. The van der Waals surface area contributed by atoms with Gasteiger partial charge < -0.3 is 10.2 Å². The molecule has 0 aromatic heterocycles. The Labute approximate surface area is 215 Å². The third-order valence-electron chi connectivity index (χ3n) is 5.48. The van der Waals surface area contributed by atoms with Gasteiger partial charge in [-0.3, -0.25) is 9.59 Å². The van der Waals surface area contributed by atoms with E-state index in [1.807, 2.05) is 0 Å². The Kier molecular flexibility index (Phi) is 8.35. The lowest BCUT2D eigenvalue weighted by molar-refractivity contribution is -0.180. The zero-order valence-electron chi connectivity index (χ0n) is 19.2. The van der Waals surface area contributed by atoms with Crippen LogP contribution in [-0.2, 0) is 17.4 Å². The molecule has 1 unspecified atom stereocenters. The molecule has 0 radical (unpaired) electrons. The van der Waals surface area contributed by atoms with Gasteiger partial charge >= 0.3 is 12.4 Å². The minimum atomic E-state index is -5.12. The smallest absolute Gasteiger partial charge is 0.319 e. The van der Waals surface area contributed by atoms with Crippen LogP contribution in [-0.4, -0.2) is 25.0 Å². The second-order valence-electron chi connectivity index (χ2n) is 8.14. The van der Waals surface area contributed by atoms with Crippen LogP contribution in [0.4, 0.5) is 46.5 Å². The molecular weight excluding hydrogens is 548 g/mol. The summed E-state index contributed by atoms with van der Waals surface area (Å²) in [5.74, 6) is -7.21. The predicted octanol–water partition coefficient (Wildman–Crippen LogP) is 7.27. The molecule has 0 aliphatic heterocycles. The molecule has 1 N–H and O–H groups in total. The molecule has 0 saturated carbocycles. The molecular formula is C25H17ClF8N2O2. The molecule has 4 nitrogen and oxygen atoms in total. The van der Waals surface area contributed by atoms with Gasteiger partial charge in [-0.05, 0) is 48.4 Å². The second-order valence-corrected chi connectivity index (χ2v) is 8.54. The van der Waals surface area contributed by atoms with Crippen LogP contribution >= 0.6 is 11.6 Å². The second kappa shape index (κ2) is 11.0. The summed E-state index contributed by atoms with van der Waals surface area (Å²) in [7, 11) is 0.984. The third-order valence-corrected chi connectivity index (χ3v) is 5.81. The average molecular weight is 565 g/mol. The van der Waals surface area contributed by atoms with E-state index in [4.69, 9.17) is 11.6 Å². The van der Waals surface area contributed by atoms with E-state index >= 15 is 0 Å². The van der Waals surface area contributed by atoms with Gasteiger partial charge in [0.05, 0.1) is 21.8 Å². The van der Waals surface area contributed by atoms with E-state index in [0.29, 0.717) is 23.1 Å². The molecule has 13 heteroatoms. The number of carbonyl (C=O) groups excluding carboxylic acids is 2. The molecule has 1 atom stereocenters.